The van der Waals surface area contributed by atoms with Crippen molar-refractivity contribution < 1.29 is 13.9 Å². The SMILES string of the molecule is COc1ccc([C@@H](C)NCC(=O)Nc2ccc(Cl)cc2F)cc1Br. The van der Waals surface area contributed by atoms with Crippen LogP contribution in [0.25, 0.3) is 0 Å². The van der Waals surface area contributed by atoms with E-state index in [1.54, 1.807) is 7.11 Å². The second-order valence-electron chi connectivity index (χ2n) is 5.17. The van der Waals surface area contributed by atoms with Gasteiger partial charge in [-0.05, 0) is 58.7 Å². The molecule has 2 rings (SSSR count). The van der Waals surface area contributed by atoms with Gasteiger partial charge in [0.05, 0.1) is 23.8 Å². The van der Waals surface area contributed by atoms with Gasteiger partial charge in [-0.25, -0.2) is 4.39 Å². The van der Waals surface area contributed by atoms with Gasteiger partial charge in [-0.15, -0.1) is 0 Å². The molecule has 24 heavy (non-hydrogen) atoms. The molecule has 2 N–H and O–H groups in total. The fraction of sp³-hybridized carbons (Fsp3) is 0.235. The highest BCUT2D eigenvalue weighted by Gasteiger charge is 2.11. The van der Waals surface area contributed by atoms with Crippen molar-refractivity contribution in [3.05, 3.63) is 57.3 Å². The number of anilines is 1. The van der Waals surface area contributed by atoms with E-state index < -0.39 is 5.82 Å². The van der Waals surface area contributed by atoms with Crippen LogP contribution in [0.15, 0.2) is 40.9 Å². The Bertz CT molecular complexity index is 743. The third kappa shape index (κ3) is 4.93. The molecule has 0 radical (unpaired) electrons. The van der Waals surface area contributed by atoms with Crippen LogP contribution in [0.1, 0.15) is 18.5 Å². The molecule has 4 nitrogen and oxygen atoms in total. The molecule has 0 saturated carbocycles. The quantitative estimate of drug-likeness (QED) is 0.728. The fourth-order valence-corrected chi connectivity index (χ4v) is 2.82. The van der Waals surface area contributed by atoms with Crippen molar-refractivity contribution in [2.24, 2.45) is 0 Å². The van der Waals surface area contributed by atoms with Crippen LogP contribution in [-0.2, 0) is 4.79 Å². The van der Waals surface area contributed by atoms with Crippen molar-refractivity contribution in [2.75, 3.05) is 19.0 Å². The third-order valence-corrected chi connectivity index (χ3v) is 4.30. The van der Waals surface area contributed by atoms with Crippen LogP contribution in [0.2, 0.25) is 5.02 Å². The van der Waals surface area contributed by atoms with Crippen LogP contribution in [0.4, 0.5) is 10.1 Å². The number of carbonyl (C=O) groups excluding carboxylic acids is 1. The summed E-state index contributed by atoms with van der Waals surface area (Å²) in [6.45, 7) is 1.98. The van der Waals surface area contributed by atoms with Gasteiger partial charge < -0.3 is 15.4 Å². The number of amides is 1. The molecule has 0 bridgehead atoms. The lowest BCUT2D eigenvalue weighted by Crippen LogP contribution is -2.30. The Morgan fingerprint density at radius 3 is 2.71 bits per heavy atom. The van der Waals surface area contributed by atoms with E-state index in [1.807, 2.05) is 25.1 Å². The molecule has 1 atom stereocenters. The molecule has 0 aliphatic rings. The minimum absolute atomic E-state index is 0.0485. The maximum atomic E-state index is 13.7. The smallest absolute Gasteiger partial charge is 0.238 e. The topological polar surface area (TPSA) is 50.4 Å². The second-order valence-corrected chi connectivity index (χ2v) is 6.46. The van der Waals surface area contributed by atoms with Gasteiger partial charge in [0.1, 0.15) is 11.6 Å². The first-order valence-corrected chi connectivity index (χ1v) is 8.39. The Hall–Kier alpha value is -1.63. The van der Waals surface area contributed by atoms with E-state index in [0.717, 1.165) is 21.9 Å². The van der Waals surface area contributed by atoms with Gasteiger partial charge in [-0.3, -0.25) is 4.79 Å². The summed E-state index contributed by atoms with van der Waals surface area (Å²) in [6.07, 6.45) is 0. The van der Waals surface area contributed by atoms with Gasteiger partial charge in [0, 0.05) is 11.1 Å². The second kappa shape index (κ2) is 8.46. The van der Waals surface area contributed by atoms with Crippen molar-refractivity contribution in [2.45, 2.75) is 13.0 Å². The summed E-state index contributed by atoms with van der Waals surface area (Å²) >= 11 is 9.11. The minimum Gasteiger partial charge on any atom is -0.496 e. The van der Waals surface area contributed by atoms with Gasteiger partial charge >= 0.3 is 0 Å². The lowest BCUT2D eigenvalue weighted by molar-refractivity contribution is -0.115. The summed E-state index contributed by atoms with van der Waals surface area (Å²) in [5.74, 6) is -0.166. The number of carbonyl (C=O) groups is 1. The molecule has 2 aromatic carbocycles. The largest absolute Gasteiger partial charge is 0.496 e. The van der Waals surface area contributed by atoms with Crippen LogP contribution in [0, 0.1) is 5.82 Å². The molecular weight excluding hydrogens is 399 g/mol. The molecule has 0 aliphatic carbocycles. The first-order valence-electron chi connectivity index (χ1n) is 7.22. The molecule has 2 aromatic rings. The van der Waals surface area contributed by atoms with Gasteiger partial charge in [0.15, 0.2) is 0 Å². The van der Waals surface area contributed by atoms with E-state index in [1.165, 1.54) is 12.1 Å². The molecule has 0 heterocycles. The minimum atomic E-state index is -0.567. The van der Waals surface area contributed by atoms with Crippen molar-refractivity contribution in [1.29, 1.82) is 0 Å². The van der Waals surface area contributed by atoms with Crippen LogP contribution < -0.4 is 15.4 Å². The molecule has 0 aromatic heterocycles. The number of halogens is 3. The van der Waals surface area contributed by atoms with Crippen molar-refractivity contribution in [3.8, 4) is 5.75 Å². The van der Waals surface area contributed by atoms with E-state index >= 15 is 0 Å². The van der Waals surface area contributed by atoms with E-state index in [9.17, 15) is 9.18 Å². The number of rotatable bonds is 6. The van der Waals surface area contributed by atoms with Gasteiger partial charge in [-0.2, -0.15) is 0 Å². The third-order valence-electron chi connectivity index (χ3n) is 3.45. The Morgan fingerprint density at radius 1 is 1.33 bits per heavy atom. The maximum absolute atomic E-state index is 13.7. The Morgan fingerprint density at radius 2 is 2.08 bits per heavy atom. The van der Waals surface area contributed by atoms with E-state index in [-0.39, 0.29) is 29.2 Å². The number of methoxy groups -OCH3 is 1. The average molecular weight is 416 g/mol. The van der Waals surface area contributed by atoms with Crippen LogP contribution in [0.5, 0.6) is 5.75 Å². The van der Waals surface area contributed by atoms with Crippen molar-refractivity contribution in [3.63, 3.8) is 0 Å². The van der Waals surface area contributed by atoms with Crippen LogP contribution in [-0.4, -0.2) is 19.6 Å². The molecule has 0 saturated heterocycles. The zero-order valence-electron chi connectivity index (χ0n) is 13.2. The van der Waals surface area contributed by atoms with E-state index in [2.05, 4.69) is 26.6 Å². The lowest BCUT2D eigenvalue weighted by Gasteiger charge is -2.15. The molecule has 128 valence electrons. The Balaban J connectivity index is 1.92. The maximum Gasteiger partial charge on any atom is 0.238 e. The van der Waals surface area contributed by atoms with E-state index in [4.69, 9.17) is 16.3 Å². The van der Waals surface area contributed by atoms with Crippen molar-refractivity contribution in [1.82, 2.24) is 5.32 Å². The summed E-state index contributed by atoms with van der Waals surface area (Å²) in [6, 6.07) is 9.73. The number of ether oxygens (including phenoxy) is 1. The first kappa shape index (κ1) is 18.7. The zero-order chi connectivity index (χ0) is 17.7. The fourth-order valence-electron chi connectivity index (χ4n) is 2.10. The predicted octanol–water partition coefficient (Wildman–Crippen LogP) is 4.54. The number of hydrogen-bond donors (Lipinski definition) is 2. The molecule has 0 fully saturated rings. The molecule has 0 aliphatic heterocycles. The van der Waals surface area contributed by atoms with Crippen molar-refractivity contribution >= 4 is 39.1 Å². The molecule has 1 amide bonds. The standard InChI is InChI=1S/C17H17BrClFN2O2/c1-10(11-3-6-16(24-2)13(18)7-11)21-9-17(23)22-15-5-4-12(19)8-14(15)20/h3-8,10,21H,9H2,1-2H3,(H,22,23)/t10-/m1/s1. The van der Waals surface area contributed by atoms with Gasteiger partial charge in [0.2, 0.25) is 5.91 Å². The molecule has 0 spiro atoms. The monoisotopic (exact) mass is 414 g/mol. The average Bonchev–Trinajstić information content (AvgIpc) is 2.55. The van der Waals surface area contributed by atoms with Crippen LogP contribution >= 0.6 is 27.5 Å². The number of benzene rings is 2. The normalized spacial score (nSPS) is 11.9. The Labute approximate surface area is 153 Å². The summed E-state index contributed by atoms with van der Waals surface area (Å²) in [7, 11) is 1.60. The van der Waals surface area contributed by atoms with Gasteiger partial charge in [-0.1, -0.05) is 17.7 Å². The highest BCUT2D eigenvalue weighted by Crippen LogP contribution is 2.28. The first-order chi connectivity index (χ1) is 11.4. The lowest BCUT2D eigenvalue weighted by atomic mass is 10.1. The molecular formula is C17H17BrClFN2O2. The van der Waals surface area contributed by atoms with E-state index in [0.29, 0.717) is 0 Å². The molecule has 0 unspecified atom stereocenters. The highest BCUT2D eigenvalue weighted by atomic mass is 79.9. The zero-order valence-corrected chi connectivity index (χ0v) is 15.5. The molecule has 7 heteroatoms. The summed E-state index contributed by atoms with van der Waals surface area (Å²) in [5.41, 5.74) is 1.10. The summed E-state index contributed by atoms with van der Waals surface area (Å²) < 4.78 is 19.7. The summed E-state index contributed by atoms with van der Waals surface area (Å²) in [4.78, 5) is 12.0. The highest BCUT2D eigenvalue weighted by molar-refractivity contribution is 9.10. The Kier molecular flexibility index (Phi) is 6.60. The van der Waals surface area contributed by atoms with Crippen LogP contribution in [0.3, 0.4) is 0 Å². The number of hydrogen-bond acceptors (Lipinski definition) is 3. The number of nitrogens with one attached hydrogen (secondary N) is 2. The van der Waals surface area contributed by atoms with Gasteiger partial charge in [0.25, 0.3) is 0 Å². The summed E-state index contributed by atoms with van der Waals surface area (Å²) in [5, 5.41) is 5.88. The predicted molar refractivity (Wildman–Crippen MR) is 97.2 cm³/mol.